The molecule has 0 aliphatic carbocycles. The van der Waals surface area contributed by atoms with Gasteiger partial charge in [0.1, 0.15) is 12.3 Å². The lowest BCUT2D eigenvalue weighted by molar-refractivity contribution is -0.155. The van der Waals surface area contributed by atoms with Crippen LogP contribution in [0.5, 0.6) is 0 Å². The summed E-state index contributed by atoms with van der Waals surface area (Å²) >= 11 is 0. The third-order valence-corrected chi connectivity index (χ3v) is 6.71. The molecule has 1 heterocycles. The molecule has 1 aliphatic rings. The van der Waals surface area contributed by atoms with Crippen LogP contribution in [0, 0.1) is 0 Å². The maximum absolute atomic E-state index is 12.3. The van der Waals surface area contributed by atoms with Crippen LogP contribution in [0.2, 0.25) is 0 Å². The lowest BCUT2D eigenvalue weighted by Crippen LogP contribution is -2.38. The van der Waals surface area contributed by atoms with Crippen LogP contribution in [-0.4, -0.2) is 80.9 Å². The van der Waals surface area contributed by atoms with Gasteiger partial charge in [-0.1, -0.05) is 26.7 Å². The van der Waals surface area contributed by atoms with E-state index in [-0.39, 0.29) is 24.8 Å². The Hall–Kier alpha value is -2.11. The number of ether oxygens (including phenoxy) is 4. The number of esters is 2. The molecule has 2 amide bonds. The lowest BCUT2D eigenvalue weighted by atomic mass is 10.3. The third-order valence-electron chi connectivity index (χ3n) is 5.07. The van der Waals surface area contributed by atoms with Gasteiger partial charge >= 0.3 is 11.9 Å². The van der Waals surface area contributed by atoms with Gasteiger partial charge in [-0.25, -0.2) is 0 Å². The van der Waals surface area contributed by atoms with Gasteiger partial charge in [-0.2, -0.15) is 0 Å². The summed E-state index contributed by atoms with van der Waals surface area (Å²) in [6, 6.07) is -0.613. The highest BCUT2D eigenvalue weighted by atomic mass is 31.1. The quantitative estimate of drug-likeness (QED) is 0.0739. The number of carbonyl (C=O) groups is 4. The van der Waals surface area contributed by atoms with Crippen molar-refractivity contribution in [1.82, 2.24) is 20.4 Å². The Morgan fingerprint density at radius 1 is 1.14 bits per heavy atom. The normalized spacial score (nSPS) is 19.0. The largest absolute Gasteiger partial charge is 0.465 e. The number of rotatable bonds is 19. The average Bonchev–Trinajstić information content (AvgIpc) is 3.34. The monoisotopic (exact) mass is 532 g/mol. The SMILES string of the molecule is CCCCOC(=O)CNP(CO[C@@H]1CC[C@H](N(C=O)/C=C\C(=O)NC)O1)N[C@@H](C)C(=O)OCCCC. The molecule has 0 aromatic carbocycles. The summed E-state index contributed by atoms with van der Waals surface area (Å²) in [4.78, 5) is 48.4. The molecule has 13 heteroatoms. The van der Waals surface area contributed by atoms with Gasteiger partial charge in [0.2, 0.25) is 12.3 Å². The Labute approximate surface area is 214 Å². The van der Waals surface area contributed by atoms with E-state index >= 15 is 0 Å². The number of hydrogen-bond acceptors (Lipinski definition) is 10. The van der Waals surface area contributed by atoms with E-state index in [2.05, 4.69) is 15.5 Å². The number of amides is 2. The zero-order valence-corrected chi connectivity index (χ0v) is 22.6. The van der Waals surface area contributed by atoms with E-state index in [9.17, 15) is 19.2 Å². The second-order valence-electron chi connectivity index (χ2n) is 8.08. The molecule has 36 heavy (non-hydrogen) atoms. The summed E-state index contributed by atoms with van der Waals surface area (Å²) in [6.07, 6.45) is 6.61. The smallest absolute Gasteiger partial charge is 0.323 e. The minimum Gasteiger partial charge on any atom is -0.465 e. The zero-order valence-electron chi connectivity index (χ0n) is 21.7. The van der Waals surface area contributed by atoms with Crippen molar-refractivity contribution in [2.75, 3.05) is 33.2 Å². The van der Waals surface area contributed by atoms with Crippen LogP contribution in [0.3, 0.4) is 0 Å². The fourth-order valence-corrected chi connectivity index (χ4v) is 4.39. The molecule has 0 spiro atoms. The van der Waals surface area contributed by atoms with Gasteiger partial charge in [0.05, 0.1) is 34.3 Å². The molecule has 0 aromatic rings. The first kappa shape index (κ1) is 31.9. The van der Waals surface area contributed by atoms with Crippen LogP contribution in [0.25, 0.3) is 0 Å². The van der Waals surface area contributed by atoms with E-state index in [0.29, 0.717) is 32.5 Å². The van der Waals surface area contributed by atoms with Gasteiger partial charge < -0.3 is 24.3 Å². The van der Waals surface area contributed by atoms with Crippen molar-refractivity contribution >= 4 is 32.5 Å². The first-order valence-electron chi connectivity index (χ1n) is 12.3. The van der Waals surface area contributed by atoms with Crippen molar-refractivity contribution in [3.8, 4) is 0 Å². The molecule has 1 rings (SSSR count). The van der Waals surface area contributed by atoms with Crippen LogP contribution in [0.4, 0.5) is 0 Å². The molecule has 1 saturated heterocycles. The number of carbonyl (C=O) groups excluding carboxylic acids is 4. The van der Waals surface area contributed by atoms with E-state index < -0.39 is 32.8 Å². The highest BCUT2D eigenvalue weighted by Gasteiger charge is 2.30. The van der Waals surface area contributed by atoms with E-state index in [4.69, 9.17) is 18.9 Å². The van der Waals surface area contributed by atoms with Crippen LogP contribution in [0.1, 0.15) is 59.3 Å². The summed E-state index contributed by atoms with van der Waals surface area (Å²) in [7, 11) is 0.168. The molecule has 206 valence electrons. The Morgan fingerprint density at radius 2 is 1.83 bits per heavy atom. The van der Waals surface area contributed by atoms with E-state index in [1.54, 1.807) is 6.92 Å². The second-order valence-corrected chi connectivity index (χ2v) is 9.77. The second kappa shape index (κ2) is 19.1. The van der Waals surface area contributed by atoms with Crippen LogP contribution < -0.4 is 15.5 Å². The van der Waals surface area contributed by atoms with Gasteiger partial charge in [0.25, 0.3) is 0 Å². The van der Waals surface area contributed by atoms with E-state index in [1.165, 1.54) is 24.2 Å². The molecule has 1 unspecified atom stereocenters. The topological polar surface area (TPSA) is 145 Å². The van der Waals surface area contributed by atoms with Crippen molar-refractivity contribution in [1.29, 1.82) is 0 Å². The first-order chi connectivity index (χ1) is 17.3. The van der Waals surface area contributed by atoms with Crippen molar-refractivity contribution in [2.45, 2.75) is 77.9 Å². The summed E-state index contributed by atoms with van der Waals surface area (Å²) in [5.74, 6) is -1.12. The molecule has 0 radical (unpaired) electrons. The molecule has 0 bridgehead atoms. The molecular weight excluding hydrogens is 491 g/mol. The minimum absolute atomic E-state index is 0.0409. The van der Waals surface area contributed by atoms with Gasteiger partial charge in [-0.15, -0.1) is 0 Å². The zero-order chi connectivity index (χ0) is 26.8. The maximum Gasteiger partial charge on any atom is 0.323 e. The Morgan fingerprint density at radius 3 is 2.47 bits per heavy atom. The summed E-state index contributed by atoms with van der Waals surface area (Å²) in [5.41, 5.74) is 0. The number of nitrogens with one attached hydrogen (secondary N) is 3. The van der Waals surface area contributed by atoms with Gasteiger partial charge in [0.15, 0.2) is 6.29 Å². The highest BCUT2D eigenvalue weighted by Crippen LogP contribution is 2.30. The molecule has 1 fully saturated rings. The van der Waals surface area contributed by atoms with Crippen molar-refractivity contribution in [3.05, 3.63) is 12.3 Å². The van der Waals surface area contributed by atoms with Crippen LogP contribution in [0.15, 0.2) is 12.3 Å². The maximum atomic E-state index is 12.3. The van der Waals surface area contributed by atoms with Crippen molar-refractivity contribution < 1.29 is 38.1 Å². The summed E-state index contributed by atoms with van der Waals surface area (Å²) < 4.78 is 22.1. The Kier molecular flexibility index (Phi) is 16.9. The minimum atomic E-state index is -1.32. The lowest BCUT2D eigenvalue weighted by Gasteiger charge is -2.25. The molecule has 0 aromatic heterocycles. The molecule has 12 nitrogen and oxygen atoms in total. The van der Waals surface area contributed by atoms with Crippen molar-refractivity contribution in [2.24, 2.45) is 0 Å². The predicted molar refractivity (Wildman–Crippen MR) is 134 cm³/mol. The molecule has 3 N–H and O–H groups in total. The van der Waals surface area contributed by atoms with Gasteiger partial charge in [0, 0.05) is 25.7 Å². The molecule has 4 atom stereocenters. The number of nitrogens with zero attached hydrogens (tertiary/aromatic N) is 1. The number of likely N-dealkylation sites (N-methyl/N-ethyl adjacent to an activating group) is 1. The van der Waals surface area contributed by atoms with Gasteiger partial charge in [-0.3, -0.25) is 34.3 Å². The standard InChI is InChI=1S/C23H41N4O8P/c1-5-7-13-32-21(30)15-25-36(26-18(3)23(31)33-14-8-6-2)17-34-22-10-9-20(35-22)27(16-28)12-11-19(29)24-4/h11-12,16,18,20,22,25-26H,5-10,13-15,17H2,1-4H3,(H,24,29)/b12-11-/t18-,20+,22-,36?/m0/s1. The number of unbranched alkanes of at least 4 members (excludes halogenated alkanes) is 2. The Bertz CT molecular complexity index is 712. The third kappa shape index (κ3) is 13.3. The van der Waals surface area contributed by atoms with E-state index in [1.807, 2.05) is 13.8 Å². The highest BCUT2D eigenvalue weighted by molar-refractivity contribution is 7.53. The van der Waals surface area contributed by atoms with Gasteiger partial charge in [-0.05, 0) is 26.2 Å². The average molecular weight is 533 g/mol. The van der Waals surface area contributed by atoms with Crippen LogP contribution >= 0.6 is 8.22 Å². The van der Waals surface area contributed by atoms with E-state index in [0.717, 1.165) is 25.7 Å². The fourth-order valence-electron chi connectivity index (χ4n) is 2.92. The first-order valence-corrected chi connectivity index (χ1v) is 13.9. The molecule has 0 saturated carbocycles. The molecular formula is C23H41N4O8P. The Balaban J connectivity index is 2.64. The summed E-state index contributed by atoms with van der Waals surface area (Å²) in [5, 5.41) is 8.66. The fraction of sp³-hybridized carbons (Fsp3) is 0.739. The summed E-state index contributed by atoms with van der Waals surface area (Å²) in [6.45, 7) is 6.38. The van der Waals surface area contributed by atoms with Crippen molar-refractivity contribution in [3.63, 3.8) is 0 Å². The molecule has 1 aliphatic heterocycles. The number of hydrogen-bond donors (Lipinski definition) is 3. The van der Waals surface area contributed by atoms with Crippen LogP contribution in [-0.2, 0) is 38.1 Å². The predicted octanol–water partition coefficient (Wildman–Crippen LogP) is 1.71.